The Labute approximate surface area is 167 Å². The number of thiocarbonyl (C=S) groups is 1. The van der Waals surface area contributed by atoms with Gasteiger partial charge >= 0.3 is 0 Å². The molecule has 0 spiro atoms. The summed E-state index contributed by atoms with van der Waals surface area (Å²) in [5.74, 6) is -1.03. The lowest BCUT2D eigenvalue weighted by Gasteiger charge is -2.40. The molecule has 2 atom stereocenters. The Kier molecular flexibility index (Phi) is 6.21. The van der Waals surface area contributed by atoms with Gasteiger partial charge in [0.25, 0.3) is 0 Å². The molecule has 3 rings (SSSR count). The van der Waals surface area contributed by atoms with Crippen LogP contribution in [0.4, 0.5) is 8.78 Å². The number of para-hydroxylation sites is 1. The van der Waals surface area contributed by atoms with Gasteiger partial charge in [0.05, 0.1) is 12.6 Å². The van der Waals surface area contributed by atoms with E-state index >= 15 is 0 Å². The zero-order chi connectivity index (χ0) is 20.3. The molecule has 8 heteroatoms. The van der Waals surface area contributed by atoms with Crippen LogP contribution in [0.25, 0.3) is 0 Å². The van der Waals surface area contributed by atoms with Crippen LogP contribution in [-0.2, 0) is 4.79 Å². The van der Waals surface area contributed by atoms with Gasteiger partial charge in [-0.3, -0.25) is 10.2 Å². The van der Waals surface area contributed by atoms with Crippen LogP contribution in [0.2, 0.25) is 0 Å². The van der Waals surface area contributed by atoms with Crippen LogP contribution >= 0.6 is 12.2 Å². The molecular formula is C20H21F2N3O2S. The molecule has 0 radical (unpaired) electrons. The predicted octanol–water partition coefficient (Wildman–Crippen LogP) is 3.09. The maximum absolute atomic E-state index is 14.1. The van der Waals surface area contributed by atoms with Crippen LogP contribution in [0.3, 0.4) is 0 Å². The van der Waals surface area contributed by atoms with Crippen LogP contribution in [0, 0.1) is 17.6 Å². The van der Waals surface area contributed by atoms with E-state index in [2.05, 4.69) is 5.43 Å². The van der Waals surface area contributed by atoms with Crippen molar-refractivity contribution in [2.75, 3.05) is 13.2 Å². The monoisotopic (exact) mass is 405 g/mol. The Morgan fingerprint density at radius 2 is 2.07 bits per heavy atom. The van der Waals surface area contributed by atoms with Crippen molar-refractivity contribution < 1.29 is 18.3 Å². The molecule has 2 aromatic rings. The molecule has 0 saturated heterocycles. The van der Waals surface area contributed by atoms with Gasteiger partial charge in [-0.25, -0.2) is 13.8 Å². The standard InChI is InChI=1S/C20H21F2N3O2S/c1-12(26)25(24-20(28)16-10-14(21)6-7-17(16)22)19-13(8-9-23)11-27-18-5-3-2-4-15(18)19/h2-7,10,13,19H,8-9,11,23H2,1H3,(H,24,28). The second-order valence-electron chi connectivity index (χ2n) is 6.59. The molecule has 0 fully saturated rings. The number of carbonyl (C=O) groups excluding carboxylic acids is 1. The number of halogens is 2. The number of carbonyl (C=O) groups is 1. The summed E-state index contributed by atoms with van der Waals surface area (Å²) in [6, 6.07) is 9.98. The zero-order valence-electron chi connectivity index (χ0n) is 15.3. The van der Waals surface area contributed by atoms with E-state index in [1.54, 1.807) is 0 Å². The fraction of sp³-hybridized carbons (Fsp3) is 0.300. The van der Waals surface area contributed by atoms with Crippen molar-refractivity contribution in [1.29, 1.82) is 0 Å². The van der Waals surface area contributed by atoms with Crippen LogP contribution in [0.15, 0.2) is 42.5 Å². The highest BCUT2D eigenvalue weighted by Crippen LogP contribution is 2.40. The lowest BCUT2D eigenvalue weighted by atomic mass is 9.87. The van der Waals surface area contributed by atoms with Crippen molar-refractivity contribution in [2.24, 2.45) is 11.7 Å². The van der Waals surface area contributed by atoms with Crippen LogP contribution < -0.4 is 15.9 Å². The zero-order valence-corrected chi connectivity index (χ0v) is 16.1. The van der Waals surface area contributed by atoms with Gasteiger partial charge < -0.3 is 10.5 Å². The summed E-state index contributed by atoms with van der Waals surface area (Å²) in [7, 11) is 0. The summed E-state index contributed by atoms with van der Waals surface area (Å²) in [5, 5.41) is 1.36. The van der Waals surface area contributed by atoms with Gasteiger partial charge in [-0.2, -0.15) is 0 Å². The van der Waals surface area contributed by atoms with E-state index in [-0.39, 0.29) is 22.4 Å². The Balaban J connectivity index is 1.97. The molecule has 28 heavy (non-hydrogen) atoms. The Hall–Kier alpha value is -2.58. The third-order valence-corrected chi connectivity index (χ3v) is 5.00. The first-order valence-electron chi connectivity index (χ1n) is 8.90. The van der Waals surface area contributed by atoms with E-state index in [9.17, 15) is 13.6 Å². The normalized spacial score (nSPS) is 18.0. The summed E-state index contributed by atoms with van der Waals surface area (Å²) in [6.07, 6.45) is 0.617. The van der Waals surface area contributed by atoms with Crippen molar-refractivity contribution in [3.05, 3.63) is 65.2 Å². The fourth-order valence-electron chi connectivity index (χ4n) is 3.39. The number of hydrogen-bond donors (Lipinski definition) is 2. The lowest BCUT2D eigenvalue weighted by molar-refractivity contribution is -0.135. The van der Waals surface area contributed by atoms with Gasteiger partial charge in [-0.15, -0.1) is 0 Å². The van der Waals surface area contributed by atoms with E-state index in [1.165, 1.54) is 11.9 Å². The first-order chi connectivity index (χ1) is 13.4. The highest BCUT2D eigenvalue weighted by atomic mass is 32.1. The average Bonchev–Trinajstić information content (AvgIpc) is 2.68. The van der Waals surface area contributed by atoms with E-state index in [0.29, 0.717) is 25.3 Å². The first-order valence-corrected chi connectivity index (χ1v) is 9.30. The lowest BCUT2D eigenvalue weighted by Crippen LogP contribution is -2.51. The molecule has 148 valence electrons. The summed E-state index contributed by atoms with van der Waals surface area (Å²) in [4.78, 5) is 12.4. The highest BCUT2D eigenvalue weighted by molar-refractivity contribution is 7.80. The largest absolute Gasteiger partial charge is 0.493 e. The molecule has 0 saturated carbocycles. The van der Waals surface area contributed by atoms with Crippen LogP contribution in [0.1, 0.15) is 30.5 Å². The van der Waals surface area contributed by atoms with Gasteiger partial charge in [0.1, 0.15) is 22.4 Å². The van der Waals surface area contributed by atoms with Gasteiger partial charge in [0, 0.05) is 24.0 Å². The molecular weight excluding hydrogens is 384 g/mol. The van der Waals surface area contributed by atoms with E-state index in [4.69, 9.17) is 22.7 Å². The number of benzene rings is 2. The molecule has 2 unspecified atom stereocenters. The highest BCUT2D eigenvalue weighted by Gasteiger charge is 2.37. The SMILES string of the molecule is CC(=O)N(NC(=S)c1cc(F)ccc1F)C1c2ccccc2OCC1CCN. The summed E-state index contributed by atoms with van der Waals surface area (Å²) in [6.45, 7) is 2.18. The molecule has 0 bridgehead atoms. The second kappa shape index (κ2) is 8.62. The molecule has 1 aliphatic rings. The molecule has 1 aliphatic heterocycles. The topological polar surface area (TPSA) is 67.6 Å². The van der Waals surface area contributed by atoms with Crippen molar-refractivity contribution in [3.63, 3.8) is 0 Å². The second-order valence-corrected chi connectivity index (χ2v) is 6.99. The van der Waals surface area contributed by atoms with E-state index in [0.717, 1.165) is 23.8 Å². The minimum atomic E-state index is -0.673. The van der Waals surface area contributed by atoms with E-state index in [1.807, 2.05) is 24.3 Å². The molecule has 5 nitrogen and oxygen atoms in total. The fourth-order valence-corrected chi connectivity index (χ4v) is 3.64. The van der Waals surface area contributed by atoms with Gasteiger partial charge in [-0.05, 0) is 37.2 Å². The van der Waals surface area contributed by atoms with Crippen LogP contribution in [0.5, 0.6) is 5.75 Å². The third-order valence-electron chi connectivity index (χ3n) is 4.69. The van der Waals surface area contributed by atoms with Gasteiger partial charge in [0.15, 0.2) is 0 Å². The summed E-state index contributed by atoms with van der Waals surface area (Å²) < 4.78 is 33.5. The first kappa shape index (κ1) is 20.2. The van der Waals surface area contributed by atoms with Crippen molar-refractivity contribution >= 4 is 23.1 Å². The summed E-state index contributed by atoms with van der Waals surface area (Å²) >= 11 is 5.27. The van der Waals surface area contributed by atoms with Crippen molar-refractivity contribution in [1.82, 2.24) is 10.4 Å². The maximum atomic E-state index is 14.1. The number of ether oxygens (including phenoxy) is 1. The molecule has 2 aromatic carbocycles. The number of rotatable bonds is 4. The molecule has 0 aliphatic carbocycles. The number of nitrogens with one attached hydrogen (secondary N) is 1. The predicted molar refractivity (Wildman–Crippen MR) is 106 cm³/mol. The van der Waals surface area contributed by atoms with Crippen molar-refractivity contribution in [2.45, 2.75) is 19.4 Å². The molecule has 0 aromatic heterocycles. The maximum Gasteiger partial charge on any atom is 0.238 e. The Morgan fingerprint density at radius 3 is 2.79 bits per heavy atom. The smallest absolute Gasteiger partial charge is 0.238 e. The Morgan fingerprint density at radius 1 is 1.32 bits per heavy atom. The number of fused-ring (bicyclic) bond motifs is 1. The molecule has 3 N–H and O–H groups in total. The van der Waals surface area contributed by atoms with Gasteiger partial charge in [0.2, 0.25) is 5.91 Å². The van der Waals surface area contributed by atoms with Crippen molar-refractivity contribution in [3.8, 4) is 5.75 Å². The van der Waals surface area contributed by atoms with E-state index < -0.39 is 17.7 Å². The van der Waals surface area contributed by atoms with Crippen LogP contribution in [-0.4, -0.2) is 29.1 Å². The number of nitrogens with zero attached hydrogens (tertiary/aromatic N) is 1. The molecule has 1 amide bonds. The number of nitrogens with two attached hydrogens (primary N) is 1. The molecule has 1 heterocycles. The number of amides is 1. The minimum absolute atomic E-state index is 0.0809. The summed E-state index contributed by atoms with van der Waals surface area (Å²) in [5.41, 5.74) is 9.25. The number of hydrogen-bond acceptors (Lipinski definition) is 4. The van der Waals surface area contributed by atoms with Gasteiger partial charge in [-0.1, -0.05) is 30.4 Å². The third kappa shape index (κ3) is 4.13. The Bertz CT molecular complexity index is 894. The number of hydrazine groups is 1. The minimum Gasteiger partial charge on any atom is -0.493 e. The quantitative estimate of drug-likeness (QED) is 0.604. The average molecular weight is 405 g/mol.